The van der Waals surface area contributed by atoms with Gasteiger partial charge < -0.3 is 47.4 Å². The van der Waals surface area contributed by atoms with Crippen LogP contribution >= 0.6 is 15.9 Å². The van der Waals surface area contributed by atoms with Crippen molar-refractivity contribution >= 4 is 57.7 Å². The third-order valence-corrected chi connectivity index (χ3v) is 6.61. The first kappa shape index (κ1) is 36.8. The van der Waals surface area contributed by atoms with Crippen LogP contribution in [0.15, 0.2) is 0 Å². The van der Waals surface area contributed by atoms with E-state index in [0.717, 1.165) is 48.5 Å². The predicted molar refractivity (Wildman–Crippen MR) is 142 cm³/mol. The Labute approximate surface area is 260 Å². The van der Waals surface area contributed by atoms with E-state index in [2.05, 4.69) is 15.9 Å². The number of ether oxygens (including phenoxy) is 10. The summed E-state index contributed by atoms with van der Waals surface area (Å²) in [5, 5.41) is -1.17. The van der Waals surface area contributed by atoms with Crippen molar-refractivity contribution in [1.82, 2.24) is 0 Å². The highest BCUT2D eigenvalue weighted by Gasteiger charge is 2.57. The lowest BCUT2D eigenvalue weighted by Gasteiger charge is -2.48. The Kier molecular flexibility index (Phi) is 13.9. The number of hydrogen-bond donors (Lipinski definition) is 0. The maximum Gasteiger partial charge on any atom is 0.303 e. The molecule has 0 spiro atoms. The summed E-state index contributed by atoms with van der Waals surface area (Å²) in [5.41, 5.74) is 0. The van der Waals surface area contributed by atoms with Crippen LogP contribution in [0, 0.1) is 0 Å². The lowest BCUT2D eigenvalue weighted by atomic mass is 9.96. The van der Waals surface area contributed by atoms with Gasteiger partial charge in [-0.1, -0.05) is 15.9 Å². The van der Waals surface area contributed by atoms with Gasteiger partial charge in [0.25, 0.3) is 0 Å². The van der Waals surface area contributed by atoms with Crippen LogP contribution in [0.3, 0.4) is 0 Å². The lowest BCUT2D eigenvalue weighted by molar-refractivity contribution is -0.337. The van der Waals surface area contributed by atoms with E-state index in [-0.39, 0.29) is 0 Å². The summed E-state index contributed by atoms with van der Waals surface area (Å²) < 4.78 is 55.0. The standard InChI is InChI=1S/C26H35BrO17/c1-10(28)35-8-17-19(37-12(3)30)21(39-14(5)32)23(25(27)42-17)44-26-24(41-16(7)34)22(40-15(6)33)20(38-13(4)31)18(43-26)9-36-11(2)29/h17-26H,8-9H2,1-7H3/t17-,18+,19-,20+,21-,22-,23+,24+,25-,26-/m0/s1. The number of carbonyl (C=O) groups is 7. The SMILES string of the molecule is CC(=O)OC[C@@H]1O[C@H](Br)[C@H](O[C@@H]2O[C@H](COC(C)=O)[C@@H](OC(C)=O)[C@H](OC(C)=O)[C@H]2OC(C)=O)[C@@H](OC(C)=O)[C@H]1OC(C)=O. The molecule has 44 heavy (non-hydrogen) atoms. The minimum atomic E-state index is -1.69. The molecule has 0 aromatic heterocycles. The maximum absolute atomic E-state index is 12.2. The summed E-state index contributed by atoms with van der Waals surface area (Å²) in [6.45, 7) is 6.66. The number of hydrogen-bond acceptors (Lipinski definition) is 17. The van der Waals surface area contributed by atoms with Crippen molar-refractivity contribution < 1.29 is 80.9 Å². The van der Waals surface area contributed by atoms with Gasteiger partial charge in [-0.2, -0.15) is 0 Å². The Morgan fingerprint density at radius 2 is 0.818 bits per heavy atom. The first-order chi connectivity index (χ1) is 20.5. The van der Waals surface area contributed by atoms with Crippen LogP contribution in [-0.4, -0.2) is 115 Å². The van der Waals surface area contributed by atoms with Gasteiger partial charge in [-0.05, 0) is 0 Å². The molecule has 0 bridgehead atoms. The van der Waals surface area contributed by atoms with Crippen molar-refractivity contribution in [1.29, 1.82) is 0 Å². The van der Waals surface area contributed by atoms with Gasteiger partial charge in [0.1, 0.15) is 36.5 Å². The molecule has 2 saturated heterocycles. The maximum atomic E-state index is 12.2. The Hall–Kier alpha value is -3.35. The van der Waals surface area contributed by atoms with Crippen molar-refractivity contribution in [2.24, 2.45) is 0 Å². The average Bonchev–Trinajstić information content (AvgIpc) is 2.87. The van der Waals surface area contributed by atoms with Gasteiger partial charge in [0.15, 0.2) is 36.8 Å². The fourth-order valence-electron chi connectivity index (χ4n) is 4.46. The van der Waals surface area contributed by atoms with Gasteiger partial charge in [0.2, 0.25) is 0 Å². The largest absolute Gasteiger partial charge is 0.463 e. The molecule has 0 aliphatic carbocycles. The van der Waals surface area contributed by atoms with E-state index in [9.17, 15) is 33.6 Å². The van der Waals surface area contributed by atoms with E-state index < -0.39 is 115 Å². The van der Waals surface area contributed by atoms with Crippen molar-refractivity contribution in [2.75, 3.05) is 13.2 Å². The molecule has 0 unspecified atom stereocenters. The molecular weight excluding hydrogens is 664 g/mol. The second-order valence-electron chi connectivity index (χ2n) is 9.64. The summed E-state index contributed by atoms with van der Waals surface area (Å²) >= 11 is 3.28. The highest BCUT2D eigenvalue weighted by atomic mass is 79.9. The first-order valence-corrected chi connectivity index (χ1v) is 14.1. The van der Waals surface area contributed by atoms with Gasteiger partial charge in [-0.15, -0.1) is 0 Å². The van der Waals surface area contributed by atoms with Crippen molar-refractivity contribution in [3.63, 3.8) is 0 Å². The predicted octanol–water partition coefficient (Wildman–Crippen LogP) is 0.00100. The van der Waals surface area contributed by atoms with E-state index in [1.807, 2.05) is 0 Å². The van der Waals surface area contributed by atoms with Crippen LogP contribution in [0.25, 0.3) is 0 Å². The molecule has 18 heteroatoms. The third-order valence-electron chi connectivity index (χ3n) is 5.87. The molecule has 0 aromatic rings. The van der Waals surface area contributed by atoms with Crippen molar-refractivity contribution in [3.05, 3.63) is 0 Å². The average molecular weight is 699 g/mol. The number of carbonyl (C=O) groups excluding carboxylic acids is 7. The van der Waals surface area contributed by atoms with Crippen LogP contribution < -0.4 is 0 Å². The molecule has 2 aliphatic heterocycles. The molecule has 10 atom stereocenters. The summed E-state index contributed by atoms with van der Waals surface area (Å²) in [7, 11) is 0. The molecule has 0 aromatic carbocycles. The first-order valence-electron chi connectivity index (χ1n) is 13.2. The fraction of sp³-hybridized carbons (Fsp3) is 0.731. The number of esters is 7. The Morgan fingerprint density at radius 1 is 0.477 bits per heavy atom. The molecule has 0 saturated carbocycles. The van der Waals surface area contributed by atoms with Crippen LogP contribution in [-0.2, 0) is 80.9 Å². The van der Waals surface area contributed by atoms with Gasteiger partial charge in [0, 0.05) is 48.5 Å². The lowest BCUT2D eigenvalue weighted by Crippen LogP contribution is -2.66. The second-order valence-corrected chi connectivity index (χ2v) is 10.5. The van der Waals surface area contributed by atoms with Crippen molar-refractivity contribution in [3.8, 4) is 0 Å². The molecule has 0 radical (unpaired) electrons. The molecule has 2 fully saturated rings. The Morgan fingerprint density at radius 3 is 1.20 bits per heavy atom. The van der Waals surface area contributed by atoms with Crippen LogP contribution in [0.5, 0.6) is 0 Å². The summed E-state index contributed by atoms with van der Waals surface area (Å²) in [6.07, 6.45) is -13.0. The quantitative estimate of drug-likeness (QED) is 0.158. The molecule has 0 amide bonds. The van der Waals surface area contributed by atoms with E-state index in [1.54, 1.807) is 0 Å². The normalized spacial score (nSPS) is 31.5. The van der Waals surface area contributed by atoms with Gasteiger partial charge in [0.05, 0.1) is 0 Å². The molecular formula is C26H35BrO17. The highest BCUT2D eigenvalue weighted by Crippen LogP contribution is 2.36. The molecule has 17 nitrogen and oxygen atoms in total. The van der Waals surface area contributed by atoms with Gasteiger partial charge >= 0.3 is 41.8 Å². The topological polar surface area (TPSA) is 212 Å². The zero-order chi connectivity index (χ0) is 33.3. The molecule has 2 aliphatic rings. The fourth-order valence-corrected chi connectivity index (χ4v) is 5.16. The molecule has 0 N–H and O–H groups in total. The zero-order valence-corrected chi connectivity index (χ0v) is 26.6. The second kappa shape index (κ2) is 16.6. The third kappa shape index (κ3) is 11.0. The number of alkyl halides is 1. The molecule has 2 heterocycles. The minimum Gasteiger partial charge on any atom is -0.463 e. The van der Waals surface area contributed by atoms with Gasteiger partial charge in [-0.25, -0.2) is 0 Å². The van der Waals surface area contributed by atoms with E-state index in [1.165, 1.54) is 0 Å². The monoisotopic (exact) mass is 698 g/mol. The molecule has 2 rings (SSSR count). The Bertz CT molecular complexity index is 1090. The van der Waals surface area contributed by atoms with Crippen molar-refractivity contribution in [2.45, 2.75) is 109 Å². The number of rotatable bonds is 11. The summed E-state index contributed by atoms with van der Waals surface area (Å²) in [5.74, 6) is -5.59. The van der Waals surface area contributed by atoms with Crippen LogP contribution in [0.4, 0.5) is 0 Å². The number of halogens is 1. The zero-order valence-electron chi connectivity index (χ0n) is 25.0. The van der Waals surface area contributed by atoms with Crippen LogP contribution in [0.1, 0.15) is 48.5 Å². The smallest absolute Gasteiger partial charge is 0.303 e. The highest BCUT2D eigenvalue weighted by molar-refractivity contribution is 9.09. The van der Waals surface area contributed by atoms with Gasteiger partial charge in [-0.3, -0.25) is 33.6 Å². The van der Waals surface area contributed by atoms with E-state index in [0.29, 0.717) is 0 Å². The molecule has 248 valence electrons. The Balaban J connectivity index is 2.59. The van der Waals surface area contributed by atoms with E-state index >= 15 is 0 Å². The summed E-state index contributed by atoms with van der Waals surface area (Å²) in [6, 6.07) is 0. The van der Waals surface area contributed by atoms with Crippen LogP contribution in [0.2, 0.25) is 0 Å². The van der Waals surface area contributed by atoms with E-state index in [4.69, 9.17) is 47.4 Å². The summed E-state index contributed by atoms with van der Waals surface area (Å²) in [4.78, 5) is 83.6. The minimum absolute atomic E-state index is 0.404.